The highest BCUT2D eigenvalue weighted by molar-refractivity contribution is 5.84. The molecule has 150 valence electrons. The predicted octanol–water partition coefficient (Wildman–Crippen LogP) is 2.08. The molecule has 4 rings (SSSR count). The van der Waals surface area contributed by atoms with Crippen LogP contribution in [0.5, 0.6) is 0 Å². The van der Waals surface area contributed by atoms with Crippen molar-refractivity contribution < 1.29 is 10.2 Å². The summed E-state index contributed by atoms with van der Waals surface area (Å²) in [5.74, 6) is 0.728. The molecule has 0 aliphatic heterocycles. The number of anilines is 2. The number of nitrogens with zero attached hydrogens (tertiary/aromatic N) is 4. The minimum absolute atomic E-state index is 0.270. The van der Waals surface area contributed by atoms with Crippen LogP contribution in [0.2, 0.25) is 0 Å². The summed E-state index contributed by atoms with van der Waals surface area (Å²) in [6.45, 7) is 4.64. The maximum atomic E-state index is 9.45. The van der Waals surface area contributed by atoms with Gasteiger partial charge in [0.15, 0.2) is 11.5 Å². The van der Waals surface area contributed by atoms with Gasteiger partial charge in [-0.05, 0) is 37.1 Å². The van der Waals surface area contributed by atoms with Crippen molar-refractivity contribution in [3.05, 3.63) is 59.7 Å². The van der Waals surface area contributed by atoms with Gasteiger partial charge in [0.2, 0.25) is 0 Å². The topological polar surface area (TPSA) is 108 Å². The van der Waals surface area contributed by atoms with Gasteiger partial charge < -0.3 is 20.8 Å². The molecule has 0 bridgehead atoms. The Hall–Kier alpha value is -3.07. The van der Waals surface area contributed by atoms with Gasteiger partial charge in [0.1, 0.15) is 17.4 Å². The van der Waals surface area contributed by atoms with Crippen molar-refractivity contribution in [2.75, 3.05) is 18.5 Å². The van der Waals surface area contributed by atoms with E-state index >= 15 is 0 Å². The zero-order chi connectivity index (χ0) is 20.4. The first-order chi connectivity index (χ1) is 14.1. The summed E-state index contributed by atoms with van der Waals surface area (Å²) in [4.78, 5) is 13.8. The third kappa shape index (κ3) is 3.91. The quantitative estimate of drug-likeness (QED) is 0.381. The van der Waals surface area contributed by atoms with E-state index in [1.54, 1.807) is 12.5 Å². The molecule has 29 heavy (non-hydrogen) atoms. The number of imidazole rings is 1. The Morgan fingerprint density at radius 3 is 2.66 bits per heavy atom. The average Bonchev–Trinajstić information content (AvgIpc) is 3.21. The minimum Gasteiger partial charge on any atom is -0.394 e. The summed E-state index contributed by atoms with van der Waals surface area (Å²) < 4.78 is 1.92. The van der Waals surface area contributed by atoms with Crippen LogP contribution in [0.15, 0.2) is 42.9 Å². The summed E-state index contributed by atoms with van der Waals surface area (Å²) in [6, 6.07) is 10.0. The molecule has 1 atom stereocenters. The molecule has 0 radical (unpaired) electrons. The predicted molar refractivity (Wildman–Crippen MR) is 112 cm³/mol. The Kier molecular flexibility index (Phi) is 5.39. The van der Waals surface area contributed by atoms with Crippen molar-refractivity contribution in [3.8, 4) is 0 Å². The summed E-state index contributed by atoms with van der Waals surface area (Å²) in [5, 5.41) is 24.9. The molecule has 0 saturated heterocycles. The van der Waals surface area contributed by atoms with E-state index in [-0.39, 0.29) is 6.61 Å². The lowest BCUT2D eigenvalue weighted by atomic mass is 10.1. The summed E-state index contributed by atoms with van der Waals surface area (Å²) in [7, 11) is 0. The molecule has 8 nitrogen and oxygen atoms in total. The number of fused-ring (bicyclic) bond motifs is 3. The van der Waals surface area contributed by atoms with Gasteiger partial charge in [0.05, 0.1) is 24.6 Å². The molecule has 0 amide bonds. The standard InChI is InChI=1S/C21H24N6O2/c1-13-4-3-5-14(2)19(13)26-20-18-10-23-12-27(18)21-17(25-20)7-6-15(24-21)8-22-9-16(29)11-28/h3-7,10,12,16,22,28-29H,8-9,11H2,1-2H3,(H,25,26). The van der Waals surface area contributed by atoms with E-state index in [1.165, 1.54) is 0 Å². The molecule has 1 unspecified atom stereocenters. The Bertz CT molecular complexity index is 1140. The molecule has 3 heterocycles. The zero-order valence-electron chi connectivity index (χ0n) is 16.4. The molecule has 1 aromatic carbocycles. The normalized spacial score (nSPS) is 12.6. The highest BCUT2D eigenvalue weighted by atomic mass is 16.3. The van der Waals surface area contributed by atoms with Gasteiger partial charge in [-0.3, -0.25) is 4.40 Å². The van der Waals surface area contributed by atoms with Crippen LogP contribution in [0.3, 0.4) is 0 Å². The third-order valence-electron chi connectivity index (χ3n) is 4.88. The number of aliphatic hydroxyl groups excluding tert-OH is 2. The highest BCUT2D eigenvalue weighted by Gasteiger charge is 2.13. The molecular weight excluding hydrogens is 368 g/mol. The second-order valence-corrected chi connectivity index (χ2v) is 7.11. The van der Waals surface area contributed by atoms with Gasteiger partial charge in [-0.1, -0.05) is 18.2 Å². The van der Waals surface area contributed by atoms with Crippen molar-refractivity contribution in [1.29, 1.82) is 0 Å². The second kappa shape index (κ2) is 8.12. The molecule has 0 saturated carbocycles. The zero-order valence-corrected chi connectivity index (χ0v) is 16.4. The molecule has 3 aromatic heterocycles. The molecule has 4 N–H and O–H groups in total. The Labute approximate surface area is 168 Å². The lowest BCUT2D eigenvalue weighted by Gasteiger charge is -2.14. The van der Waals surface area contributed by atoms with Crippen molar-refractivity contribution >= 4 is 28.2 Å². The summed E-state index contributed by atoms with van der Waals surface area (Å²) in [6.07, 6.45) is 2.72. The van der Waals surface area contributed by atoms with Crippen LogP contribution >= 0.6 is 0 Å². The van der Waals surface area contributed by atoms with Crippen LogP contribution < -0.4 is 10.6 Å². The fourth-order valence-corrected chi connectivity index (χ4v) is 3.31. The van der Waals surface area contributed by atoms with Crippen LogP contribution in [0.4, 0.5) is 11.5 Å². The Morgan fingerprint density at radius 2 is 1.90 bits per heavy atom. The summed E-state index contributed by atoms with van der Waals surface area (Å²) >= 11 is 0. The van der Waals surface area contributed by atoms with Crippen LogP contribution in [0, 0.1) is 13.8 Å². The molecule has 0 spiro atoms. The SMILES string of the molecule is Cc1cccc(C)c1Nc1nc2ccc(CNCC(O)CO)nc2n2cncc12. The average molecular weight is 392 g/mol. The maximum absolute atomic E-state index is 9.45. The van der Waals surface area contributed by atoms with Crippen LogP contribution in [0.25, 0.3) is 16.7 Å². The van der Waals surface area contributed by atoms with Crippen LogP contribution in [-0.4, -0.2) is 48.8 Å². The Balaban J connectivity index is 1.69. The molecule has 0 fully saturated rings. The molecule has 0 aliphatic carbocycles. The fraction of sp³-hybridized carbons (Fsp3) is 0.286. The van der Waals surface area contributed by atoms with Gasteiger partial charge in [0.25, 0.3) is 0 Å². The fourth-order valence-electron chi connectivity index (χ4n) is 3.31. The van der Waals surface area contributed by atoms with E-state index in [0.29, 0.717) is 18.7 Å². The van der Waals surface area contributed by atoms with E-state index in [2.05, 4.69) is 41.6 Å². The minimum atomic E-state index is -0.781. The lowest BCUT2D eigenvalue weighted by Crippen LogP contribution is -2.29. The van der Waals surface area contributed by atoms with Crippen molar-refractivity contribution in [2.24, 2.45) is 0 Å². The number of rotatable bonds is 7. The number of aryl methyl sites for hydroxylation is 2. The van der Waals surface area contributed by atoms with Crippen molar-refractivity contribution in [3.63, 3.8) is 0 Å². The number of hydrogen-bond acceptors (Lipinski definition) is 7. The lowest BCUT2D eigenvalue weighted by molar-refractivity contribution is 0.0941. The molecule has 8 heteroatoms. The molecule has 4 aromatic rings. The van der Waals surface area contributed by atoms with Crippen molar-refractivity contribution in [2.45, 2.75) is 26.5 Å². The number of hydrogen-bond donors (Lipinski definition) is 4. The second-order valence-electron chi connectivity index (χ2n) is 7.11. The van der Waals surface area contributed by atoms with E-state index in [0.717, 1.165) is 39.4 Å². The van der Waals surface area contributed by atoms with Gasteiger partial charge in [-0.15, -0.1) is 0 Å². The van der Waals surface area contributed by atoms with E-state index in [4.69, 9.17) is 15.1 Å². The smallest absolute Gasteiger partial charge is 0.164 e. The number of aliphatic hydroxyl groups is 2. The van der Waals surface area contributed by atoms with Gasteiger partial charge in [-0.2, -0.15) is 0 Å². The number of benzene rings is 1. The highest BCUT2D eigenvalue weighted by Crippen LogP contribution is 2.27. The number of nitrogens with one attached hydrogen (secondary N) is 2. The number of pyridine rings is 1. The van der Waals surface area contributed by atoms with Crippen LogP contribution in [0.1, 0.15) is 16.8 Å². The third-order valence-corrected chi connectivity index (χ3v) is 4.88. The van der Waals surface area contributed by atoms with E-state index < -0.39 is 6.10 Å². The number of aromatic nitrogens is 4. The van der Waals surface area contributed by atoms with Crippen LogP contribution in [-0.2, 0) is 6.54 Å². The Morgan fingerprint density at radius 1 is 1.10 bits per heavy atom. The molecular formula is C21H24N6O2. The number of para-hydroxylation sites is 1. The monoisotopic (exact) mass is 392 g/mol. The largest absolute Gasteiger partial charge is 0.394 e. The summed E-state index contributed by atoms with van der Waals surface area (Å²) in [5.41, 5.74) is 6.46. The first-order valence-electron chi connectivity index (χ1n) is 9.51. The van der Waals surface area contributed by atoms with Crippen molar-refractivity contribution in [1.82, 2.24) is 24.7 Å². The molecule has 0 aliphatic rings. The van der Waals surface area contributed by atoms with Gasteiger partial charge in [-0.25, -0.2) is 15.0 Å². The van der Waals surface area contributed by atoms with Gasteiger partial charge >= 0.3 is 0 Å². The maximum Gasteiger partial charge on any atom is 0.164 e. The van der Waals surface area contributed by atoms with Gasteiger partial charge in [0, 0.05) is 18.8 Å². The first kappa shape index (κ1) is 19.3. The van der Waals surface area contributed by atoms with E-state index in [1.807, 2.05) is 22.6 Å². The first-order valence-corrected chi connectivity index (χ1v) is 9.51. The van der Waals surface area contributed by atoms with E-state index in [9.17, 15) is 5.11 Å².